The van der Waals surface area contributed by atoms with Crippen molar-refractivity contribution in [3.63, 3.8) is 0 Å². The highest BCUT2D eigenvalue weighted by Crippen LogP contribution is 2.22. The first kappa shape index (κ1) is 21.4. The number of aliphatic hydroxyl groups excluding tert-OH is 1. The lowest BCUT2D eigenvalue weighted by molar-refractivity contribution is -0.134. The Morgan fingerprint density at radius 3 is 2.48 bits per heavy atom. The Bertz CT molecular complexity index is 512. The number of carbonyl (C=O) groups is 1. The van der Waals surface area contributed by atoms with Crippen LogP contribution in [0.3, 0.4) is 0 Å². The summed E-state index contributed by atoms with van der Waals surface area (Å²) >= 11 is 0. The predicted octanol–water partition coefficient (Wildman–Crippen LogP) is 5.12. The molecule has 0 aliphatic heterocycles. The first-order valence-corrected chi connectivity index (χ1v) is 9.62. The summed E-state index contributed by atoms with van der Waals surface area (Å²) in [6, 6.07) is 9.29. The molecule has 0 unspecified atom stereocenters. The van der Waals surface area contributed by atoms with Crippen molar-refractivity contribution in [3.8, 4) is 0 Å². The Hall–Kier alpha value is -1.61. The van der Waals surface area contributed by atoms with Crippen molar-refractivity contribution in [2.45, 2.75) is 71.4 Å². The minimum atomic E-state index is -0.667. The largest absolute Gasteiger partial charge is 0.386 e. The van der Waals surface area contributed by atoms with Crippen LogP contribution in [0.1, 0.15) is 71.0 Å². The van der Waals surface area contributed by atoms with Crippen molar-refractivity contribution in [2.24, 2.45) is 5.92 Å². The average Bonchev–Trinajstić information content (AvgIpc) is 2.64. The lowest BCUT2D eigenvalue weighted by Gasteiger charge is -2.30. The number of rotatable bonds is 11. The molecule has 0 bridgehead atoms. The quantitative estimate of drug-likeness (QED) is 0.447. The zero-order chi connectivity index (χ0) is 18.7. The van der Waals surface area contributed by atoms with E-state index in [9.17, 15) is 9.90 Å². The third-order valence-electron chi connectivity index (χ3n) is 4.93. The number of allylic oxidation sites excluding steroid dienone is 2. The number of benzene rings is 1. The smallest absolute Gasteiger partial charge is 0.223 e. The molecule has 0 saturated carbocycles. The van der Waals surface area contributed by atoms with Gasteiger partial charge in [-0.25, -0.2) is 0 Å². The molecule has 0 aliphatic carbocycles. The van der Waals surface area contributed by atoms with E-state index in [-0.39, 0.29) is 17.9 Å². The van der Waals surface area contributed by atoms with Gasteiger partial charge < -0.3 is 10.0 Å². The van der Waals surface area contributed by atoms with E-state index in [0.29, 0.717) is 6.42 Å². The van der Waals surface area contributed by atoms with E-state index in [0.717, 1.165) is 12.0 Å². The number of carbonyl (C=O) groups excluding carboxylic acids is 1. The molecule has 0 fully saturated rings. The number of nitrogens with zero attached hydrogens (tertiary/aromatic N) is 1. The van der Waals surface area contributed by atoms with Gasteiger partial charge in [0.05, 0.1) is 12.1 Å². The number of aliphatic hydroxyl groups is 1. The number of unbranched alkanes of at least 4 members (excludes halogenated alkanes) is 3. The predicted molar refractivity (Wildman–Crippen MR) is 105 cm³/mol. The SMILES string of the molecule is C/C=C/[C@@H](CCCCCC)CC(=O)N(C)[C@@H](C)[C@@H](O)c1ccccc1. The van der Waals surface area contributed by atoms with Crippen LogP contribution in [0, 0.1) is 5.92 Å². The minimum absolute atomic E-state index is 0.0982. The van der Waals surface area contributed by atoms with E-state index >= 15 is 0 Å². The van der Waals surface area contributed by atoms with Crippen LogP contribution >= 0.6 is 0 Å². The van der Waals surface area contributed by atoms with Crippen LogP contribution in [-0.2, 0) is 4.79 Å². The lowest BCUT2D eigenvalue weighted by Crippen LogP contribution is -2.39. The van der Waals surface area contributed by atoms with Gasteiger partial charge in [0.2, 0.25) is 5.91 Å². The van der Waals surface area contributed by atoms with Crippen LogP contribution in [0.2, 0.25) is 0 Å². The van der Waals surface area contributed by atoms with Gasteiger partial charge >= 0.3 is 0 Å². The summed E-state index contributed by atoms with van der Waals surface area (Å²) in [4.78, 5) is 14.4. The lowest BCUT2D eigenvalue weighted by atomic mass is 9.95. The standard InChI is InChI=1S/C22H35NO2/c1-5-7-8-10-14-19(13-6-2)17-21(24)23(4)18(3)22(25)20-15-11-9-12-16-20/h6,9,11-13,15-16,18-19,22,25H,5,7-8,10,14,17H2,1-4H3/b13-6+/t18-,19-,22+/m0/s1. The molecule has 0 aliphatic rings. The topological polar surface area (TPSA) is 40.5 Å². The number of amides is 1. The monoisotopic (exact) mass is 345 g/mol. The molecule has 1 aromatic rings. The summed E-state index contributed by atoms with van der Waals surface area (Å²) in [7, 11) is 1.79. The minimum Gasteiger partial charge on any atom is -0.386 e. The van der Waals surface area contributed by atoms with E-state index in [2.05, 4.69) is 13.0 Å². The molecule has 1 rings (SSSR count). The molecular formula is C22H35NO2. The molecule has 0 spiro atoms. The maximum Gasteiger partial charge on any atom is 0.223 e. The highest BCUT2D eigenvalue weighted by atomic mass is 16.3. The van der Waals surface area contributed by atoms with Gasteiger partial charge in [0.1, 0.15) is 0 Å². The summed E-state index contributed by atoms with van der Waals surface area (Å²) < 4.78 is 0. The molecule has 0 aromatic heterocycles. The molecule has 1 N–H and O–H groups in total. The highest BCUT2D eigenvalue weighted by molar-refractivity contribution is 5.76. The van der Waals surface area contributed by atoms with E-state index in [1.807, 2.05) is 50.3 Å². The van der Waals surface area contributed by atoms with Crippen LogP contribution in [0.15, 0.2) is 42.5 Å². The molecule has 1 amide bonds. The van der Waals surface area contributed by atoms with Crippen LogP contribution in [0.5, 0.6) is 0 Å². The van der Waals surface area contributed by atoms with Crippen molar-refractivity contribution < 1.29 is 9.90 Å². The van der Waals surface area contributed by atoms with Gasteiger partial charge in [-0.2, -0.15) is 0 Å². The molecule has 3 nitrogen and oxygen atoms in total. The molecule has 140 valence electrons. The third kappa shape index (κ3) is 7.43. The maximum atomic E-state index is 12.7. The van der Waals surface area contributed by atoms with E-state index < -0.39 is 6.10 Å². The van der Waals surface area contributed by atoms with Gasteiger partial charge in [0, 0.05) is 13.5 Å². The van der Waals surface area contributed by atoms with Gasteiger partial charge in [-0.3, -0.25) is 4.79 Å². The van der Waals surface area contributed by atoms with Crippen LogP contribution in [-0.4, -0.2) is 29.0 Å². The van der Waals surface area contributed by atoms with Gasteiger partial charge in [-0.05, 0) is 31.7 Å². The second-order valence-corrected chi connectivity index (χ2v) is 6.94. The third-order valence-corrected chi connectivity index (χ3v) is 4.93. The van der Waals surface area contributed by atoms with Crippen molar-refractivity contribution in [1.29, 1.82) is 0 Å². The second kappa shape index (κ2) is 11.9. The zero-order valence-corrected chi connectivity index (χ0v) is 16.3. The first-order valence-electron chi connectivity index (χ1n) is 9.62. The first-order chi connectivity index (χ1) is 12.0. The van der Waals surface area contributed by atoms with Crippen LogP contribution < -0.4 is 0 Å². The normalized spacial score (nSPS) is 15.1. The van der Waals surface area contributed by atoms with E-state index in [1.54, 1.807) is 11.9 Å². The number of hydrogen-bond donors (Lipinski definition) is 1. The fraction of sp³-hybridized carbons (Fsp3) is 0.591. The van der Waals surface area contributed by atoms with E-state index in [4.69, 9.17) is 0 Å². The molecule has 0 saturated heterocycles. The molecule has 3 heteroatoms. The Labute approximate surface area is 153 Å². The highest BCUT2D eigenvalue weighted by Gasteiger charge is 2.25. The number of hydrogen-bond acceptors (Lipinski definition) is 2. The Morgan fingerprint density at radius 1 is 1.20 bits per heavy atom. The average molecular weight is 346 g/mol. The van der Waals surface area contributed by atoms with Crippen LogP contribution in [0.25, 0.3) is 0 Å². The molecule has 0 heterocycles. The summed E-state index contributed by atoms with van der Waals surface area (Å²) in [5.41, 5.74) is 0.846. The van der Waals surface area contributed by atoms with Gasteiger partial charge in [-0.15, -0.1) is 0 Å². The molecule has 25 heavy (non-hydrogen) atoms. The Morgan fingerprint density at radius 2 is 1.88 bits per heavy atom. The number of likely N-dealkylation sites (N-methyl/N-ethyl adjacent to an activating group) is 1. The summed E-state index contributed by atoms with van der Waals surface area (Å²) in [6.07, 6.45) is 9.98. The van der Waals surface area contributed by atoms with Crippen molar-refractivity contribution >= 4 is 5.91 Å². The Kier molecular flexibility index (Phi) is 10.2. The van der Waals surface area contributed by atoms with Crippen LogP contribution in [0.4, 0.5) is 0 Å². The maximum absolute atomic E-state index is 12.7. The molecule has 3 atom stereocenters. The van der Waals surface area contributed by atoms with Gasteiger partial charge in [0.25, 0.3) is 0 Å². The molecule has 1 aromatic carbocycles. The van der Waals surface area contributed by atoms with Crippen molar-refractivity contribution in [3.05, 3.63) is 48.0 Å². The second-order valence-electron chi connectivity index (χ2n) is 6.94. The summed E-state index contributed by atoms with van der Waals surface area (Å²) in [5, 5.41) is 10.5. The fourth-order valence-electron chi connectivity index (χ4n) is 3.11. The zero-order valence-electron chi connectivity index (χ0n) is 16.3. The van der Waals surface area contributed by atoms with Gasteiger partial charge in [0.15, 0.2) is 0 Å². The van der Waals surface area contributed by atoms with Crippen molar-refractivity contribution in [1.82, 2.24) is 4.90 Å². The Balaban J connectivity index is 2.60. The van der Waals surface area contributed by atoms with Crippen molar-refractivity contribution in [2.75, 3.05) is 7.05 Å². The van der Waals surface area contributed by atoms with E-state index in [1.165, 1.54) is 25.7 Å². The van der Waals surface area contributed by atoms with Gasteiger partial charge in [-0.1, -0.05) is 75.1 Å². The molecule has 0 radical (unpaired) electrons. The molecular weight excluding hydrogens is 310 g/mol. The fourth-order valence-corrected chi connectivity index (χ4v) is 3.11. The summed E-state index contributed by atoms with van der Waals surface area (Å²) in [5.74, 6) is 0.388. The summed E-state index contributed by atoms with van der Waals surface area (Å²) in [6.45, 7) is 6.12.